The van der Waals surface area contributed by atoms with E-state index in [2.05, 4.69) is 10.3 Å². The van der Waals surface area contributed by atoms with Crippen LogP contribution in [0.4, 0.5) is 0 Å². The fraction of sp³-hybridized carbons (Fsp3) is 0.273. The number of rotatable bonds is 4. The van der Waals surface area contributed by atoms with Crippen LogP contribution in [0.15, 0.2) is 48.5 Å². The van der Waals surface area contributed by atoms with E-state index >= 15 is 0 Å². The van der Waals surface area contributed by atoms with Crippen LogP contribution in [0.3, 0.4) is 0 Å². The number of nitrogens with zero attached hydrogens (tertiary/aromatic N) is 1. The number of benzene rings is 2. The Kier molecular flexibility index (Phi) is 5.30. The SMILES string of the molecule is CON(C)C(=O)[C@@H]1Cc2ccccc2CC1NC(=O)c1cc2cc(Cl)ccc2[nH]1. The Morgan fingerprint density at radius 1 is 1.14 bits per heavy atom. The number of nitrogens with one attached hydrogen (secondary N) is 2. The number of carbonyl (C=O) groups is 2. The van der Waals surface area contributed by atoms with Crippen molar-refractivity contribution in [2.75, 3.05) is 14.2 Å². The lowest BCUT2D eigenvalue weighted by molar-refractivity contribution is -0.174. The Bertz CT molecular complexity index is 1080. The molecule has 4 rings (SSSR count). The van der Waals surface area contributed by atoms with Crippen molar-refractivity contribution >= 4 is 34.3 Å². The molecule has 0 radical (unpaired) electrons. The Labute approximate surface area is 173 Å². The summed E-state index contributed by atoms with van der Waals surface area (Å²) in [7, 11) is 3.04. The van der Waals surface area contributed by atoms with Crippen molar-refractivity contribution in [3.63, 3.8) is 0 Å². The summed E-state index contributed by atoms with van der Waals surface area (Å²) in [4.78, 5) is 34.0. The zero-order valence-corrected chi connectivity index (χ0v) is 17.0. The van der Waals surface area contributed by atoms with Crippen molar-refractivity contribution in [1.29, 1.82) is 0 Å². The number of aromatic amines is 1. The number of hydrogen-bond acceptors (Lipinski definition) is 3. The third-order valence-corrected chi connectivity index (χ3v) is 5.76. The Morgan fingerprint density at radius 3 is 2.59 bits per heavy atom. The van der Waals surface area contributed by atoms with Gasteiger partial charge in [-0.2, -0.15) is 0 Å². The summed E-state index contributed by atoms with van der Waals surface area (Å²) in [5.41, 5.74) is 3.54. The Balaban J connectivity index is 1.61. The number of halogens is 1. The molecule has 6 nitrogen and oxygen atoms in total. The molecule has 1 unspecified atom stereocenters. The third kappa shape index (κ3) is 3.86. The van der Waals surface area contributed by atoms with Gasteiger partial charge in [0.25, 0.3) is 11.8 Å². The molecule has 0 bridgehead atoms. The van der Waals surface area contributed by atoms with E-state index in [1.54, 1.807) is 25.2 Å². The van der Waals surface area contributed by atoms with Crippen molar-refractivity contribution in [3.05, 3.63) is 70.4 Å². The normalized spacial score (nSPS) is 18.3. The van der Waals surface area contributed by atoms with E-state index in [1.165, 1.54) is 12.2 Å². The maximum Gasteiger partial charge on any atom is 0.267 e. The highest BCUT2D eigenvalue weighted by Gasteiger charge is 2.36. The van der Waals surface area contributed by atoms with Gasteiger partial charge in [0.2, 0.25) is 0 Å². The predicted molar refractivity (Wildman–Crippen MR) is 112 cm³/mol. The van der Waals surface area contributed by atoms with E-state index < -0.39 is 5.92 Å². The molecular formula is C22H22ClN3O3. The number of aromatic nitrogens is 1. The minimum atomic E-state index is -0.405. The van der Waals surface area contributed by atoms with Crippen LogP contribution in [0.5, 0.6) is 0 Å². The van der Waals surface area contributed by atoms with Gasteiger partial charge in [-0.3, -0.25) is 14.4 Å². The Morgan fingerprint density at radius 2 is 1.86 bits per heavy atom. The highest BCUT2D eigenvalue weighted by Crippen LogP contribution is 2.28. The summed E-state index contributed by atoms with van der Waals surface area (Å²) >= 11 is 6.04. The van der Waals surface area contributed by atoms with Gasteiger partial charge in [-0.25, -0.2) is 5.06 Å². The van der Waals surface area contributed by atoms with Gasteiger partial charge in [0, 0.05) is 29.0 Å². The van der Waals surface area contributed by atoms with Gasteiger partial charge < -0.3 is 10.3 Å². The molecule has 0 saturated carbocycles. The van der Waals surface area contributed by atoms with Crippen molar-refractivity contribution in [2.24, 2.45) is 5.92 Å². The molecule has 2 aromatic carbocycles. The zero-order valence-electron chi connectivity index (χ0n) is 16.2. The van der Waals surface area contributed by atoms with Gasteiger partial charge in [0.05, 0.1) is 13.0 Å². The molecule has 3 aromatic rings. The lowest BCUT2D eigenvalue weighted by Gasteiger charge is -2.34. The van der Waals surface area contributed by atoms with Crippen molar-refractivity contribution in [3.8, 4) is 0 Å². The predicted octanol–water partition coefficient (Wildman–Crippen LogP) is 3.35. The maximum atomic E-state index is 13.0. The smallest absolute Gasteiger partial charge is 0.267 e. The van der Waals surface area contributed by atoms with E-state index in [1.807, 2.05) is 30.3 Å². The van der Waals surface area contributed by atoms with Gasteiger partial charge in [-0.05, 0) is 48.2 Å². The fourth-order valence-electron chi connectivity index (χ4n) is 3.92. The minimum absolute atomic E-state index is 0.157. The van der Waals surface area contributed by atoms with Crippen molar-refractivity contribution in [1.82, 2.24) is 15.4 Å². The average Bonchev–Trinajstić information content (AvgIpc) is 3.15. The maximum absolute atomic E-state index is 13.0. The van der Waals surface area contributed by atoms with Crippen LogP contribution in [0.1, 0.15) is 21.6 Å². The number of amides is 2. The lowest BCUT2D eigenvalue weighted by Crippen LogP contribution is -2.51. The molecule has 1 aliphatic rings. The molecule has 150 valence electrons. The molecule has 1 aliphatic carbocycles. The van der Waals surface area contributed by atoms with Crippen LogP contribution in [0.2, 0.25) is 5.02 Å². The van der Waals surface area contributed by atoms with Gasteiger partial charge in [0.1, 0.15) is 5.69 Å². The molecule has 7 heteroatoms. The van der Waals surface area contributed by atoms with E-state index in [9.17, 15) is 9.59 Å². The summed E-state index contributed by atoms with van der Waals surface area (Å²) in [6, 6.07) is 14.9. The minimum Gasteiger partial charge on any atom is -0.351 e. The summed E-state index contributed by atoms with van der Waals surface area (Å²) in [6.07, 6.45) is 1.14. The number of H-pyrrole nitrogens is 1. The largest absolute Gasteiger partial charge is 0.351 e. The van der Waals surface area contributed by atoms with Crippen LogP contribution < -0.4 is 5.32 Å². The van der Waals surface area contributed by atoms with Crippen LogP contribution in [-0.4, -0.2) is 42.1 Å². The van der Waals surface area contributed by atoms with Crippen LogP contribution >= 0.6 is 11.6 Å². The van der Waals surface area contributed by atoms with Crippen LogP contribution in [0, 0.1) is 5.92 Å². The second kappa shape index (κ2) is 7.89. The number of carbonyl (C=O) groups excluding carboxylic acids is 2. The highest BCUT2D eigenvalue weighted by molar-refractivity contribution is 6.31. The van der Waals surface area contributed by atoms with E-state index in [4.69, 9.17) is 16.4 Å². The number of fused-ring (bicyclic) bond motifs is 2. The number of hydrogen-bond donors (Lipinski definition) is 2. The summed E-state index contributed by atoms with van der Waals surface area (Å²) < 4.78 is 0. The summed E-state index contributed by atoms with van der Waals surface area (Å²) in [5, 5.41) is 5.76. The monoisotopic (exact) mass is 411 g/mol. The van der Waals surface area contributed by atoms with E-state index in [0.717, 1.165) is 22.0 Å². The molecule has 2 amide bonds. The van der Waals surface area contributed by atoms with Gasteiger partial charge >= 0.3 is 0 Å². The van der Waals surface area contributed by atoms with E-state index in [-0.39, 0.29) is 17.9 Å². The number of hydroxylamine groups is 2. The van der Waals surface area contributed by atoms with Gasteiger partial charge in [-0.15, -0.1) is 0 Å². The molecule has 0 spiro atoms. The second-order valence-electron chi connectivity index (χ2n) is 7.30. The van der Waals surface area contributed by atoms with E-state index in [0.29, 0.717) is 23.6 Å². The standard InChI is InChI=1S/C22H22ClN3O3/c1-26(29-2)22(28)17-10-13-5-3-4-6-14(13)11-19(17)25-21(27)20-12-15-9-16(23)7-8-18(15)24-20/h3-9,12,17,19,24H,10-11H2,1-2H3,(H,25,27)/t17-,19?/m1/s1. The topological polar surface area (TPSA) is 74.4 Å². The first-order valence-electron chi connectivity index (χ1n) is 9.44. The fourth-order valence-corrected chi connectivity index (χ4v) is 4.10. The molecule has 29 heavy (non-hydrogen) atoms. The first kappa shape index (κ1) is 19.5. The summed E-state index contributed by atoms with van der Waals surface area (Å²) in [5.74, 6) is -0.812. The molecule has 2 atom stereocenters. The molecule has 1 heterocycles. The van der Waals surface area contributed by atoms with Crippen LogP contribution in [0.25, 0.3) is 10.9 Å². The van der Waals surface area contributed by atoms with Crippen molar-refractivity contribution < 1.29 is 14.4 Å². The van der Waals surface area contributed by atoms with Crippen molar-refractivity contribution in [2.45, 2.75) is 18.9 Å². The first-order chi connectivity index (χ1) is 14.0. The molecule has 1 aromatic heterocycles. The molecule has 0 aliphatic heterocycles. The van der Waals surface area contributed by atoms with Gasteiger partial charge in [0.15, 0.2) is 0 Å². The lowest BCUT2D eigenvalue weighted by atomic mass is 9.79. The zero-order chi connectivity index (χ0) is 20.5. The summed E-state index contributed by atoms with van der Waals surface area (Å²) in [6.45, 7) is 0. The third-order valence-electron chi connectivity index (χ3n) is 5.53. The molecule has 0 fully saturated rings. The highest BCUT2D eigenvalue weighted by atomic mass is 35.5. The second-order valence-corrected chi connectivity index (χ2v) is 7.73. The molecule has 0 saturated heterocycles. The Hall–Kier alpha value is -2.83. The first-order valence-corrected chi connectivity index (χ1v) is 9.81. The quantitative estimate of drug-likeness (QED) is 0.646. The molecular weight excluding hydrogens is 390 g/mol. The van der Waals surface area contributed by atoms with Crippen LogP contribution in [-0.2, 0) is 22.5 Å². The average molecular weight is 412 g/mol. The molecule has 2 N–H and O–H groups in total. The van der Waals surface area contributed by atoms with Gasteiger partial charge in [-0.1, -0.05) is 35.9 Å².